The Labute approximate surface area is 111 Å². The van der Waals surface area contributed by atoms with Crippen LogP contribution in [0.15, 0.2) is 36.5 Å². The number of rotatable bonds is 4. The number of hydrogen-bond donors (Lipinski definition) is 1. The Hall–Kier alpha value is -1.81. The van der Waals surface area contributed by atoms with Gasteiger partial charge in [-0.15, -0.1) is 0 Å². The molecule has 1 atom stereocenters. The van der Waals surface area contributed by atoms with E-state index in [-0.39, 0.29) is 18.0 Å². The van der Waals surface area contributed by atoms with E-state index < -0.39 is 11.6 Å². The number of nitrogens with one attached hydrogen (secondary N) is 1. The second-order valence-electron chi connectivity index (χ2n) is 4.45. The van der Waals surface area contributed by atoms with Crippen LogP contribution in [0.2, 0.25) is 0 Å². The molecule has 0 aliphatic carbocycles. The Kier molecular flexibility index (Phi) is 4.22. The molecule has 0 spiro atoms. The zero-order valence-electron chi connectivity index (χ0n) is 11.0. The lowest BCUT2D eigenvalue weighted by atomic mass is 9.99. The Balaban J connectivity index is 2.32. The normalized spacial score (nSPS) is 12.4. The average Bonchev–Trinajstić information content (AvgIpc) is 2.40. The van der Waals surface area contributed by atoms with Gasteiger partial charge in [0.25, 0.3) is 0 Å². The van der Waals surface area contributed by atoms with Gasteiger partial charge in [0, 0.05) is 11.8 Å². The molecule has 100 valence electrons. The molecule has 0 aliphatic rings. The van der Waals surface area contributed by atoms with Crippen LogP contribution in [0.25, 0.3) is 0 Å². The summed E-state index contributed by atoms with van der Waals surface area (Å²) in [5.74, 6) is -1.04. The van der Waals surface area contributed by atoms with Crippen LogP contribution < -0.4 is 5.32 Å². The van der Waals surface area contributed by atoms with Crippen molar-refractivity contribution in [1.82, 2.24) is 10.3 Å². The van der Waals surface area contributed by atoms with Gasteiger partial charge in [0.2, 0.25) is 0 Å². The fourth-order valence-corrected chi connectivity index (χ4v) is 2.13. The van der Waals surface area contributed by atoms with E-state index in [1.54, 1.807) is 13.2 Å². The highest BCUT2D eigenvalue weighted by Crippen LogP contribution is 2.22. The topological polar surface area (TPSA) is 24.9 Å². The summed E-state index contributed by atoms with van der Waals surface area (Å²) >= 11 is 0. The maximum atomic E-state index is 13.7. The van der Waals surface area contributed by atoms with Crippen LogP contribution in [0.4, 0.5) is 8.78 Å². The van der Waals surface area contributed by atoms with E-state index >= 15 is 0 Å². The molecule has 0 saturated carbocycles. The second kappa shape index (κ2) is 5.89. The number of aryl methyl sites for hydroxylation is 1. The number of nitrogens with zero attached hydrogens (tertiary/aromatic N) is 1. The molecule has 1 unspecified atom stereocenters. The monoisotopic (exact) mass is 262 g/mol. The maximum Gasteiger partial charge on any atom is 0.129 e. The van der Waals surface area contributed by atoms with Crippen molar-refractivity contribution in [3.63, 3.8) is 0 Å². The van der Waals surface area contributed by atoms with E-state index in [1.807, 2.05) is 19.1 Å². The molecule has 0 bridgehead atoms. The summed E-state index contributed by atoms with van der Waals surface area (Å²) in [7, 11) is 1.76. The number of benzene rings is 1. The number of pyridine rings is 1. The fraction of sp³-hybridized carbons (Fsp3) is 0.267. The van der Waals surface area contributed by atoms with E-state index in [4.69, 9.17) is 0 Å². The van der Waals surface area contributed by atoms with Crippen LogP contribution in [0.5, 0.6) is 0 Å². The summed E-state index contributed by atoms with van der Waals surface area (Å²) in [6.45, 7) is 1.93. The van der Waals surface area contributed by atoms with Crippen LogP contribution in [0, 0.1) is 18.6 Å². The highest BCUT2D eigenvalue weighted by molar-refractivity contribution is 5.26. The maximum absolute atomic E-state index is 13.7. The van der Waals surface area contributed by atoms with E-state index in [9.17, 15) is 8.78 Å². The smallest absolute Gasteiger partial charge is 0.129 e. The minimum Gasteiger partial charge on any atom is -0.311 e. The minimum atomic E-state index is -0.520. The third-order valence-corrected chi connectivity index (χ3v) is 3.20. The van der Waals surface area contributed by atoms with Crippen LogP contribution in [-0.2, 0) is 6.42 Å². The van der Waals surface area contributed by atoms with Crippen molar-refractivity contribution in [1.29, 1.82) is 0 Å². The molecule has 1 aromatic carbocycles. The summed E-state index contributed by atoms with van der Waals surface area (Å²) in [4.78, 5) is 4.30. The quantitative estimate of drug-likeness (QED) is 0.915. The first kappa shape index (κ1) is 13.6. The molecule has 2 rings (SSSR count). The molecule has 0 radical (unpaired) electrons. The molecule has 1 heterocycles. The van der Waals surface area contributed by atoms with Crippen molar-refractivity contribution in [2.75, 3.05) is 7.05 Å². The van der Waals surface area contributed by atoms with E-state index in [0.29, 0.717) is 0 Å². The number of likely N-dealkylation sites (N-methyl/N-ethyl adjacent to an activating group) is 1. The van der Waals surface area contributed by atoms with Crippen molar-refractivity contribution >= 4 is 0 Å². The van der Waals surface area contributed by atoms with E-state index in [1.165, 1.54) is 18.2 Å². The van der Waals surface area contributed by atoms with Crippen molar-refractivity contribution in [3.8, 4) is 0 Å². The summed E-state index contributed by atoms with van der Waals surface area (Å²) < 4.78 is 27.4. The van der Waals surface area contributed by atoms with Gasteiger partial charge in [0.1, 0.15) is 11.6 Å². The Morgan fingerprint density at radius 3 is 2.42 bits per heavy atom. The lowest BCUT2D eigenvalue weighted by Gasteiger charge is -2.18. The van der Waals surface area contributed by atoms with Crippen molar-refractivity contribution in [2.45, 2.75) is 19.4 Å². The van der Waals surface area contributed by atoms with Gasteiger partial charge in [-0.25, -0.2) is 8.78 Å². The second-order valence-corrected chi connectivity index (χ2v) is 4.45. The van der Waals surface area contributed by atoms with Crippen LogP contribution in [-0.4, -0.2) is 12.0 Å². The van der Waals surface area contributed by atoms with Gasteiger partial charge in [-0.1, -0.05) is 12.1 Å². The predicted octanol–water partition coefficient (Wildman–Crippen LogP) is 3.17. The van der Waals surface area contributed by atoms with Gasteiger partial charge in [0.15, 0.2) is 0 Å². The highest BCUT2D eigenvalue weighted by atomic mass is 19.1. The van der Waals surface area contributed by atoms with Gasteiger partial charge < -0.3 is 5.32 Å². The van der Waals surface area contributed by atoms with Crippen molar-refractivity contribution in [3.05, 3.63) is 65.0 Å². The first-order valence-electron chi connectivity index (χ1n) is 6.15. The third-order valence-electron chi connectivity index (χ3n) is 3.20. The first-order chi connectivity index (χ1) is 9.13. The fourth-order valence-electron chi connectivity index (χ4n) is 2.13. The molecule has 19 heavy (non-hydrogen) atoms. The number of halogens is 2. The summed E-state index contributed by atoms with van der Waals surface area (Å²) in [5, 5.41) is 3.07. The lowest BCUT2D eigenvalue weighted by Crippen LogP contribution is -2.22. The van der Waals surface area contributed by atoms with Gasteiger partial charge in [-0.3, -0.25) is 4.98 Å². The molecule has 1 aromatic heterocycles. The van der Waals surface area contributed by atoms with E-state index in [2.05, 4.69) is 10.3 Å². The predicted molar refractivity (Wildman–Crippen MR) is 70.8 cm³/mol. The van der Waals surface area contributed by atoms with Crippen LogP contribution >= 0.6 is 0 Å². The van der Waals surface area contributed by atoms with Crippen LogP contribution in [0.3, 0.4) is 0 Å². The Morgan fingerprint density at radius 1 is 1.16 bits per heavy atom. The Morgan fingerprint density at radius 2 is 1.84 bits per heavy atom. The molecule has 2 aromatic rings. The molecule has 2 nitrogen and oxygen atoms in total. The van der Waals surface area contributed by atoms with Crippen molar-refractivity contribution < 1.29 is 8.78 Å². The SMILES string of the molecule is CNC(Cc1c(F)cccc1F)c1ncccc1C. The summed E-state index contributed by atoms with van der Waals surface area (Å²) in [6, 6.07) is 7.48. The molecule has 4 heteroatoms. The first-order valence-corrected chi connectivity index (χ1v) is 6.15. The molecule has 0 fully saturated rings. The summed E-state index contributed by atoms with van der Waals surface area (Å²) in [5.41, 5.74) is 1.90. The number of aromatic nitrogens is 1. The molecular weight excluding hydrogens is 246 g/mol. The molecule has 0 aliphatic heterocycles. The standard InChI is InChI=1S/C15H16F2N2/c1-10-5-4-8-19-15(10)14(18-2)9-11-12(16)6-3-7-13(11)17/h3-8,14,18H,9H2,1-2H3. The third kappa shape index (κ3) is 2.96. The summed E-state index contributed by atoms with van der Waals surface area (Å²) in [6.07, 6.45) is 1.91. The van der Waals surface area contributed by atoms with Gasteiger partial charge in [-0.2, -0.15) is 0 Å². The Bertz CT molecular complexity index is 550. The minimum absolute atomic E-state index is 0.0897. The van der Waals surface area contributed by atoms with Crippen molar-refractivity contribution in [2.24, 2.45) is 0 Å². The van der Waals surface area contributed by atoms with E-state index in [0.717, 1.165) is 11.3 Å². The van der Waals surface area contributed by atoms with Gasteiger partial charge in [-0.05, 0) is 44.2 Å². The zero-order chi connectivity index (χ0) is 13.8. The number of hydrogen-bond acceptors (Lipinski definition) is 2. The average molecular weight is 262 g/mol. The molecule has 0 saturated heterocycles. The van der Waals surface area contributed by atoms with Crippen LogP contribution in [0.1, 0.15) is 22.9 Å². The molecule has 1 N–H and O–H groups in total. The van der Waals surface area contributed by atoms with Gasteiger partial charge in [0.05, 0.1) is 11.7 Å². The largest absolute Gasteiger partial charge is 0.311 e. The molecular formula is C15H16F2N2. The molecule has 0 amide bonds. The highest BCUT2D eigenvalue weighted by Gasteiger charge is 2.18. The van der Waals surface area contributed by atoms with Gasteiger partial charge >= 0.3 is 0 Å². The zero-order valence-corrected chi connectivity index (χ0v) is 11.0. The lowest BCUT2D eigenvalue weighted by molar-refractivity contribution is 0.508.